The summed E-state index contributed by atoms with van der Waals surface area (Å²) in [4.78, 5) is 42.5. The number of nitrogens with zero attached hydrogens (tertiary/aromatic N) is 2. The average Bonchev–Trinajstić information content (AvgIpc) is 3.06. The number of esters is 2. The molecule has 0 amide bonds. The lowest BCUT2D eigenvalue weighted by Crippen LogP contribution is -2.40. The van der Waals surface area contributed by atoms with E-state index >= 15 is 0 Å². The maximum Gasteiger partial charge on any atom is 0.338 e. The molecule has 0 saturated carbocycles. The fourth-order valence-electron chi connectivity index (χ4n) is 3.30. The molecule has 31 heavy (non-hydrogen) atoms. The zero-order chi connectivity index (χ0) is 22.7. The molecule has 0 fully saturated rings. The van der Waals surface area contributed by atoms with Crippen molar-refractivity contribution >= 4 is 29.4 Å². The van der Waals surface area contributed by atoms with Gasteiger partial charge in [0.05, 0.1) is 45.2 Å². The van der Waals surface area contributed by atoms with Crippen molar-refractivity contribution < 1.29 is 28.5 Å². The quantitative estimate of drug-likeness (QED) is 0.608. The smallest absolute Gasteiger partial charge is 0.338 e. The van der Waals surface area contributed by atoms with Crippen molar-refractivity contribution in [2.75, 3.05) is 27.9 Å². The molecule has 1 aromatic heterocycles. The highest BCUT2D eigenvalue weighted by atomic mass is 32.1. The predicted octanol–water partition coefficient (Wildman–Crippen LogP) is 0.940. The summed E-state index contributed by atoms with van der Waals surface area (Å²) in [6, 6.07) is 4.30. The number of carbonyl (C=O) groups is 2. The monoisotopic (exact) mass is 446 g/mol. The number of rotatable bonds is 6. The van der Waals surface area contributed by atoms with Gasteiger partial charge in [-0.3, -0.25) is 9.36 Å². The summed E-state index contributed by atoms with van der Waals surface area (Å²) < 4.78 is 22.1. The molecule has 2 aromatic rings. The van der Waals surface area contributed by atoms with Crippen molar-refractivity contribution in [2.45, 2.75) is 19.9 Å². The van der Waals surface area contributed by atoms with E-state index in [1.54, 1.807) is 32.0 Å². The highest BCUT2D eigenvalue weighted by molar-refractivity contribution is 7.07. The molecule has 2 heterocycles. The van der Waals surface area contributed by atoms with Gasteiger partial charge in [-0.25, -0.2) is 14.6 Å². The second kappa shape index (κ2) is 9.17. The Bertz CT molecular complexity index is 1240. The van der Waals surface area contributed by atoms with E-state index in [-0.39, 0.29) is 16.7 Å². The minimum Gasteiger partial charge on any atom is -0.493 e. The normalized spacial score (nSPS) is 15.8. The minimum absolute atomic E-state index is 0.147. The predicted molar refractivity (Wildman–Crippen MR) is 113 cm³/mol. The van der Waals surface area contributed by atoms with Crippen LogP contribution in [0.15, 0.2) is 39.3 Å². The van der Waals surface area contributed by atoms with E-state index in [0.717, 1.165) is 17.4 Å². The second-order valence-corrected chi connectivity index (χ2v) is 7.45. The number of fused-ring (bicyclic) bond motifs is 1. The molecule has 1 aromatic carbocycles. The van der Waals surface area contributed by atoms with Gasteiger partial charge in [-0.1, -0.05) is 17.4 Å². The van der Waals surface area contributed by atoms with Gasteiger partial charge in [-0.2, -0.15) is 0 Å². The fraction of sp³-hybridized carbons (Fsp3) is 0.333. The summed E-state index contributed by atoms with van der Waals surface area (Å²) in [5.74, 6) is -0.294. The zero-order valence-corrected chi connectivity index (χ0v) is 18.6. The SMILES string of the molecule is CCOC(=O)C1=C(C)N=c2s/c(=C\C(=O)OC)c(=O)n2[C@@H]1c1ccc(OC)c(OC)c1. The third-order valence-corrected chi connectivity index (χ3v) is 5.67. The molecule has 164 valence electrons. The van der Waals surface area contributed by atoms with Crippen LogP contribution < -0.4 is 24.4 Å². The summed E-state index contributed by atoms with van der Waals surface area (Å²) >= 11 is 1.04. The molecule has 0 aliphatic carbocycles. The summed E-state index contributed by atoms with van der Waals surface area (Å²) in [7, 11) is 4.24. The van der Waals surface area contributed by atoms with Crippen molar-refractivity contribution in [3.05, 3.63) is 54.7 Å². The van der Waals surface area contributed by atoms with Gasteiger partial charge in [0, 0.05) is 6.08 Å². The van der Waals surface area contributed by atoms with Crippen molar-refractivity contribution in [2.24, 2.45) is 4.99 Å². The van der Waals surface area contributed by atoms with E-state index < -0.39 is 23.5 Å². The van der Waals surface area contributed by atoms with Gasteiger partial charge in [0.2, 0.25) is 0 Å². The third kappa shape index (κ3) is 4.11. The number of benzene rings is 1. The highest BCUT2D eigenvalue weighted by Crippen LogP contribution is 2.35. The summed E-state index contributed by atoms with van der Waals surface area (Å²) in [5, 5.41) is 0. The Kier molecular flexibility index (Phi) is 6.59. The molecule has 9 nitrogen and oxygen atoms in total. The molecule has 0 spiro atoms. The Labute approximate surface area is 181 Å². The Balaban J connectivity index is 2.32. The Morgan fingerprint density at radius 1 is 1.19 bits per heavy atom. The first-order chi connectivity index (χ1) is 14.9. The molecule has 0 unspecified atom stereocenters. The lowest BCUT2D eigenvalue weighted by atomic mass is 9.95. The number of aromatic nitrogens is 1. The van der Waals surface area contributed by atoms with Crippen LogP contribution in [0.25, 0.3) is 6.08 Å². The number of allylic oxidation sites excluding steroid dienone is 1. The second-order valence-electron chi connectivity index (χ2n) is 6.44. The first kappa shape index (κ1) is 22.3. The lowest BCUT2D eigenvalue weighted by molar-refractivity contribution is -0.139. The Hall–Kier alpha value is -3.40. The minimum atomic E-state index is -0.824. The number of hydrogen-bond acceptors (Lipinski definition) is 9. The van der Waals surface area contributed by atoms with Crippen LogP contribution in [-0.4, -0.2) is 44.4 Å². The van der Waals surface area contributed by atoms with Gasteiger partial charge in [0.25, 0.3) is 5.56 Å². The highest BCUT2D eigenvalue weighted by Gasteiger charge is 2.34. The van der Waals surface area contributed by atoms with Gasteiger partial charge in [0.1, 0.15) is 4.53 Å². The van der Waals surface area contributed by atoms with E-state index in [1.165, 1.54) is 25.9 Å². The van der Waals surface area contributed by atoms with E-state index in [0.29, 0.717) is 27.6 Å². The van der Waals surface area contributed by atoms with Crippen LogP contribution in [0.1, 0.15) is 25.5 Å². The molecular weight excluding hydrogens is 424 g/mol. The maximum absolute atomic E-state index is 13.2. The van der Waals surface area contributed by atoms with Crippen molar-refractivity contribution in [3.8, 4) is 11.5 Å². The van der Waals surface area contributed by atoms with Crippen molar-refractivity contribution in [1.29, 1.82) is 0 Å². The molecule has 1 atom stereocenters. The van der Waals surface area contributed by atoms with Gasteiger partial charge in [-0.15, -0.1) is 0 Å². The molecular formula is C21H22N2O7S. The summed E-state index contributed by atoms with van der Waals surface area (Å²) in [5.41, 5.74) is 0.777. The molecule has 0 saturated heterocycles. The number of carbonyl (C=O) groups excluding carboxylic acids is 2. The van der Waals surface area contributed by atoms with E-state index in [9.17, 15) is 14.4 Å². The van der Waals surface area contributed by atoms with Crippen molar-refractivity contribution in [3.63, 3.8) is 0 Å². The Morgan fingerprint density at radius 3 is 2.52 bits per heavy atom. The molecule has 1 aliphatic heterocycles. The van der Waals surface area contributed by atoms with Crippen LogP contribution in [0.4, 0.5) is 0 Å². The first-order valence-corrected chi connectivity index (χ1v) is 10.2. The van der Waals surface area contributed by atoms with E-state index in [1.807, 2.05) is 0 Å². The first-order valence-electron chi connectivity index (χ1n) is 9.35. The fourth-order valence-corrected chi connectivity index (χ4v) is 4.30. The molecule has 0 bridgehead atoms. The van der Waals surface area contributed by atoms with E-state index in [2.05, 4.69) is 9.73 Å². The number of thiazole rings is 1. The summed E-state index contributed by atoms with van der Waals surface area (Å²) in [6.45, 7) is 3.54. The van der Waals surface area contributed by atoms with Crippen LogP contribution in [0.3, 0.4) is 0 Å². The Morgan fingerprint density at radius 2 is 1.90 bits per heavy atom. The molecule has 3 rings (SSSR count). The third-order valence-electron chi connectivity index (χ3n) is 4.69. The number of hydrogen-bond donors (Lipinski definition) is 0. The molecule has 1 aliphatic rings. The van der Waals surface area contributed by atoms with Crippen LogP contribution >= 0.6 is 11.3 Å². The van der Waals surface area contributed by atoms with Crippen molar-refractivity contribution in [1.82, 2.24) is 4.57 Å². The van der Waals surface area contributed by atoms with Crippen LogP contribution in [-0.2, 0) is 19.1 Å². The number of ether oxygens (including phenoxy) is 4. The molecule has 0 N–H and O–H groups in total. The molecule has 0 radical (unpaired) electrons. The van der Waals surface area contributed by atoms with Crippen LogP contribution in [0, 0.1) is 0 Å². The van der Waals surface area contributed by atoms with Gasteiger partial charge in [-0.05, 0) is 31.5 Å². The molecule has 10 heteroatoms. The lowest BCUT2D eigenvalue weighted by Gasteiger charge is -2.25. The average molecular weight is 446 g/mol. The zero-order valence-electron chi connectivity index (χ0n) is 17.8. The van der Waals surface area contributed by atoms with E-state index in [4.69, 9.17) is 14.2 Å². The summed E-state index contributed by atoms with van der Waals surface area (Å²) in [6.07, 6.45) is 1.11. The van der Waals surface area contributed by atoms with Gasteiger partial charge in [0.15, 0.2) is 16.3 Å². The van der Waals surface area contributed by atoms with Crippen LogP contribution in [0.5, 0.6) is 11.5 Å². The van der Waals surface area contributed by atoms with Gasteiger partial charge >= 0.3 is 11.9 Å². The van der Waals surface area contributed by atoms with Crippen LogP contribution in [0.2, 0.25) is 0 Å². The standard InChI is InChI=1S/C21H22N2O7S/c1-6-30-20(26)17-11(2)22-21-23(19(25)15(31-21)10-16(24)29-5)18(17)12-7-8-13(27-3)14(9-12)28-4/h7-10,18H,6H2,1-5H3/b15-10-/t18-/m1/s1. The largest absolute Gasteiger partial charge is 0.493 e. The van der Waals surface area contributed by atoms with Gasteiger partial charge < -0.3 is 18.9 Å². The topological polar surface area (TPSA) is 105 Å². The number of methoxy groups -OCH3 is 3. The maximum atomic E-state index is 13.2.